The number of amides is 1. The smallest absolute Gasteiger partial charge is 0.296 e. The van der Waals surface area contributed by atoms with Gasteiger partial charge in [0.25, 0.3) is 5.91 Å². The lowest BCUT2D eigenvalue weighted by Gasteiger charge is -2.36. The quantitative estimate of drug-likeness (QED) is 0.676. The summed E-state index contributed by atoms with van der Waals surface area (Å²) in [6, 6.07) is 6.53. The number of Topliss-reactive ketones (excluding diaryl/α,β-unsaturated/α-hetero) is 1. The van der Waals surface area contributed by atoms with Gasteiger partial charge in [0.05, 0.1) is 24.6 Å². The Hall–Kier alpha value is -2.81. The highest BCUT2D eigenvalue weighted by Crippen LogP contribution is 2.49. The Morgan fingerprint density at radius 3 is 2.72 bits per heavy atom. The lowest BCUT2D eigenvalue weighted by molar-refractivity contribution is -0.133. The van der Waals surface area contributed by atoms with Gasteiger partial charge >= 0.3 is 0 Å². The molecule has 4 atom stereocenters. The van der Waals surface area contributed by atoms with E-state index in [1.807, 2.05) is 12.1 Å². The number of aromatic nitrogens is 2. The van der Waals surface area contributed by atoms with Crippen LogP contribution in [0, 0.1) is 5.92 Å². The van der Waals surface area contributed by atoms with Gasteiger partial charge in [0.2, 0.25) is 5.13 Å². The molecular formula is C23H24FN3O4S. The largest absolute Gasteiger partial charge is 0.497 e. The van der Waals surface area contributed by atoms with E-state index in [1.54, 1.807) is 19.2 Å². The maximum absolute atomic E-state index is 14.1. The molecule has 5 rings (SSSR count). The third-order valence-electron chi connectivity index (χ3n) is 6.34. The van der Waals surface area contributed by atoms with Crippen LogP contribution in [0.2, 0.25) is 0 Å². The van der Waals surface area contributed by atoms with Crippen LogP contribution in [-0.2, 0) is 20.7 Å². The summed E-state index contributed by atoms with van der Waals surface area (Å²) in [7, 11) is 1.58. The number of benzene rings is 1. The van der Waals surface area contributed by atoms with Gasteiger partial charge in [-0.05, 0) is 43.4 Å². The van der Waals surface area contributed by atoms with Crippen molar-refractivity contribution in [3.63, 3.8) is 0 Å². The second-order valence-electron chi connectivity index (χ2n) is 8.36. The lowest BCUT2D eigenvalue weighted by Crippen LogP contribution is -2.42. The topological polar surface area (TPSA) is 81.6 Å². The molecule has 3 heterocycles. The molecule has 3 aliphatic rings. The number of methoxy groups -OCH3 is 1. The predicted octanol–water partition coefficient (Wildman–Crippen LogP) is 3.95. The van der Waals surface area contributed by atoms with E-state index in [-0.39, 0.29) is 18.0 Å². The fraction of sp³-hybridized carbons (Fsp3) is 0.478. The Balaban J connectivity index is 1.60. The third-order valence-corrected chi connectivity index (χ3v) is 7.32. The number of hydrogen-bond donors (Lipinski definition) is 0. The van der Waals surface area contributed by atoms with Gasteiger partial charge < -0.3 is 9.47 Å². The molecule has 1 saturated carbocycles. The summed E-state index contributed by atoms with van der Waals surface area (Å²) in [4.78, 5) is 28.6. The van der Waals surface area contributed by atoms with Crippen LogP contribution in [0.5, 0.6) is 5.75 Å². The third kappa shape index (κ3) is 3.39. The summed E-state index contributed by atoms with van der Waals surface area (Å²) in [6.45, 7) is 2.05. The molecule has 0 spiro atoms. The summed E-state index contributed by atoms with van der Waals surface area (Å²) in [5.41, 5.74) is 1.03. The molecule has 1 aromatic heterocycles. The second kappa shape index (κ2) is 8.27. The molecule has 9 heteroatoms. The first-order valence-electron chi connectivity index (χ1n) is 10.9. The molecule has 2 aliphatic heterocycles. The summed E-state index contributed by atoms with van der Waals surface area (Å²) in [6.07, 6.45) is 1.08. The summed E-state index contributed by atoms with van der Waals surface area (Å²) in [5, 5.41) is 9.73. The Kier molecular flexibility index (Phi) is 5.44. The van der Waals surface area contributed by atoms with E-state index in [1.165, 1.54) is 16.2 Å². The molecule has 0 bridgehead atoms. The van der Waals surface area contributed by atoms with Crippen molar-refractivity contribution in [2.24, 2.45) is 5.92 Å². The number of rotatable bonds is 5. The molecule has 2 aromatic rings. The van der Waals surface area contributed by atoms with Gasteiger partial charge in [-0.25, -0.2) is 4.39 Å². The maximum atomic E-state index is 14.1. The Bertz CT molecular complexity index is 1080. The number of halogens is 1. The standard InChI is InChI=1S/C23H24FN3O4S/c1-3-4-17-25-26-23(32-17)27-19(12-5-8-14(30-2)9-6-12)18-20(28)15-11-13(24)7-10-16(15)31-21(18)22(27)29/h5-6,8-9,13,15-16,19H,3-4,7,10-11H2,1-2H3. The number of alkyl halides is 1. The molecule has 4 unspecified atom stereocenters. The molecular weight excluding hydrogens is 433 g/mol. The van der Waals surface area contributed by atoms with Gasteiger partial charge in [-0.3, -0.25) is 14.5 Å². The zero-order chi connectivity index (χ0) is 22.4. The molecule has 0 saturated heterocycles. The summed E-state index contributed by atoms with van der Waals surface area (Å²) in [5.74, 6) is -0.431. The average molecular weight is 458 g/mol. The first-order valence-corrected chi connectivity index (χ1v) is 11.7. The van der Waals surface area contributed by atoms with Crippen LogP contribution in [0.4, 0.5) is 9.52 Å². The van der Waals surface area contributed by atoms with Crippen LogP contribution in [0.15, 0.2) is 35.6 Å². The van der Waals surface area contributed by atoms with Gasteiger partial charge in [0, 0.05) is 6.42 Å². The SMILES string of the molecule is CCCc1nnc(N2C(=O)C3=C(C(=O)C4CC(F)CCC4O3)C2c2ccc(OC)cc2)s1. The van der Waals surface area contributed by atoms with E-state index in [4.69, 9.17) is 9.47 Å². The lowest BCUT2D eigenvalue weighted by atomic mass is 9.77. The van der Waals surface area contributed by atoms with Gasteiger partial charge in [0.1, 0.15) is 23.0 Å². The monoisotopic (exact) mass is 457 g/mol. The molecule has 0 radical (unpaired) electrons. The van der Waals surface area contributed by atoms with Gasteiger partial charge in [0.15, 0.2) is 11.5 Å². The Labute approximate surface area is 189 Å². The van der Waals surface area contributed by atoms with Crippen LogP contribution in [0.25, 0.3) is 0 Å². The minimum Gasteiger partial charge on any atom is -0.497 e. The molecule has 1 aromatic carbocycles. The number of carbonyl (C=O) groups is 2. The number of nitrogens with zero attached hydrogens (tertiary/aromatic N) is 3. The van der Waals surface area contributed by atoms with Crippen molar-refractivity contribution >= 4 is 28.2 Å². The van der Waals surface area contributed by atoms with Crippen LogP contribution >= 0.6 is 11.3 Å². The molecule has 7 nitrogen and oxygen atoms in total. The van der Waals surface area contributed by atoms with E-state index in [9.17, 15) is 14.0 Å². The average Bonchev–Trinajstić information content (AvgIpc) is 3.37. The van der Waals surface area contributed by atoms with E-state index in [0.29, 0.717) is 29.3 Å². The van der Waals surface area contributed by atoms with Gasteiger partial charge in [-0.2, -0.15) is 0 Å². The number of aryl methyl sites for hydroxylation is 1. The van der Waals surface area contributed by atoms with Crippen LogP contribution in [0.1, 0.15) is 49.2 Å². The zero-order valence-electron chi connectivity index (χ0n) is 17.9. The van der Waals surface area contributed by atoms with E-state index in [2.05, 4.69) is 17.1 Å². The number of ether oxygens (including phenoxy) is 2. The van der Waals surface area contributed by atoms with Crippen molar-refractivity contribution in [3.8, 4) is 5.75 Å². The molecule has 0 N–H and O–H groups in total. The fourth-order valence-corrected chi connectivity index (χ4v) is 5.74. The van der Waals surface area contributed by atoms with E-state index >= 15 is 0 Å². The first-order chi connectivity index (χ1) is 15.5. The maximum Gasteiger partial charge on any atom is 0.296 e. The van der Waals surface area contributed by atoms with Gasteiger partial charge in [-0.1, -0.05) is 30.4 Å². The highest BCUT2D eigenvalue weighted by molar-refractivity contribution is 7.15. The predicted molar refractivity (Wildman–Crippen MR) is 116 cm³/mol. The highest BCUT2D eigenvalue weighted by Gasteiger charge is 2.54. The van der Waals surface area contributed by atoms with Crippen LogP contribution < -0.4 is 9.64 Å². The molecule has 168 valence electrons. The van der Waals surface area contributed by atoms with Crippen molar-refractivity contribution < 1.29 is 23.5 Å². The molecule has 1 amide bonds. The van der Waals surface area contributed by atoms with Gasteiger partial charge in [-0.15, -0.1) is 10.2 Å². The number of ketones is 1. The van der Waals surface area contributed by atoms with Crippen molar-refractivity contribution in [1.29, 1.82) is 0 Å². The van der Waals surface area contributed by atoms with Crippen molar-refractivity contribution in [3.05, 3.63) is 46.2 Å². The molecule has 1 aliphatic carbocycles. The number of carbonyl (C=O) groups excluding carboxylic acids is 2. The number of hydrogen-bond acceptors (Lipinski definition) is 7. The van der Waals surface area contributed by atoms with Crippen LogP contribution in [-0.4, -0.2) is 41.3 Å². The van der Waals surface area contributed by atoms with Crippen molar-refractivity contribution in [1.82, 2.24) is 10.2 Å². The molecule has 1 fully saturated rings. The van der Waals surface area contributed by atoms with E-state index in [0.717, 1.165) is 23.4 Å². The summed E-state index contributed by atoms with van der Waals surface area (Å²) < 4.78 is 25.5. The normalized spacial score (nSPS) is 27.3. The highest BCUT2D eigenvalue weighted by atomic mass is 32.1. The Morgan fingerprint density at radius 2 is 2.00 bits per heavy atom. The van der Waals surface area contributed by atoms with Crippen LogP contribution in [0.3, 0.4) is 0 Å². The fourth-order valence-electron chi connectivity index (χ4n) is 4.77. The van der Waals surface area contributed by atoms with E-state index < -0.39 is 30.1 Å². The first kappa shape index (κ1) is 21.1. The number of fused-ring (bicyclic) bond motifs is 1. The second-order valence-corrected chi connectivity index (χ2v) is 9.40. The minimum atomic E-state index is -1.03. The van der Waals surface area contributed by atoms with Crippen molar-refractivity contribution in [2.75, 3.05) is 12.0 Å². The van der Waals surface area contributed by atoms with Crippen molar-refractivity contribution in [2.45, 2.75) is 57.3 Å². The Morgan fingerprint density at radius 1 is 1.22 bits per heavy atom. The molecule has 32 heavy (non-hydrogen) atoms. The number of anilines is 1. The zero-order valence-corrected chi connectivity index (χ0v) is 18.7. The minimum absolute atomic E-state index is 0.0709. The summed E-state index contributed by atoms with van der Waals surface area (Å²) >= 11 is 1.34.